The molecular weight excluding hydrogens is 408 g/mol. The molecule has 2 aliphatic rings. The van der Waals surface area contributed by atoms with Crippen molar-refractivity contribution in [2.45, 2.75) is 49.7 Å². The molecule has 9 heteroatoms. The molecule has 2 aliphatic heterocycles. The summed E-state index contributed by atoms with van der Waals surface area (Å²) in [7, 11) is 1.46. The Balaban J connectivity index is 1.57. The third-order valence-electron chi connectivity index (χ3n) is 5.65. The van der Waals surface area contributed by atoms with E-state index in [4.69, 9.17) is 18.9 Å². The molecule has 168 valence electrons. The largest absolute Gasteiger partial charge is 0.508 e. The van der Waals surface area contributed by atoms with Crippen molar-refractivity contribution in [2.24, 2.45) is 0 Å². The smallest absolute Gasteiger partial charge is 0.229 e. The van der Waals surface area contributed by atoms with Crippen LogP contribution in [0.2, 0.25) is 0 Å². The second-order valence-electron chi connectivity index (χ2n) is 7.66. The predicted molar refractivity (Wildman–Crippen MR) is 107 cm³/mol. The first-order chi connectivity index (χ1) is 14.9. The van der Waals surface area contributed by atoms with Crippen molar-refractivity contribution >= 4 is 0 Å². The van der Waals surface area contributed by atoms with Gasteiger partial charge >= 0.3 is 0 Å². The third-order valence-corrected chi connectivity index (χ3v) is 5.65. The Labute approximate surface area is 179 Å². The topological polar surface area (TPSA) is 138 Å². The lowest BCUT2D eigenvalue weighted by molar-refractivity contribution is -0.277. The highest BCUT2D eigenvalue weighted by Gasteiger charge is 2.45. The number of fused-ring (bicyclic) bond motifs is 1. The second kappa shape index (κ2) is 8.89. The molecule has 0 aliphatic carbocycles. The summed E-state index contributed by atoms with van der Waals surface area (Å²) < 4.78 is 22.6. The molecular formula is C22H26O9. The van der Waals surface area contributed by atoms with Crippen LogP contribution in [0.15, 0.2) is 36.4 Å². The Morgan fingerprint density at radius 1 is 1.00 bits per heavy atom. The molecule has 0 amide bonds. The molecule has 0 bridgehead atoms. The molecule has 0 aromatic heterocycles. The van der Waals surface area contributed by atoms with Gasteiger partial charge in [-0.15, -0.1) is 0 Å². The van der Waals surface area contributed by atoms with Crippen LogP contribution in [-0.4, -0.2) is 70.0 Å². The van der Waals surface area contributed by atoms with Gasteiger partial charge in [-0.05, 0) is 42.2 Å². The minimum Gasteiger partial charge on any atom is -0.508 e. The number of aryl methyl sites for hydroxylation is 1. The van der Waals surface area contributed by atoms with E-state index < -0.39 is 37.3 Å². The SMILES string of the molecule is COc1ccc([C@@H]2CCc3ccc(O)cc3O2)cc1O[C@@H]1O[C@H](CO)[C@@H](O)[C@H](O)[C@H]1O. The van der Waals surface area contributed by atoms with E-state index >= 15 is 0 Å². The zero-order valence-corrected chi connectivity index (χ0v) is 16.9. The molecule has 4 rings (SSSR count). The Hall–Kier alpha value is -2.56. The van der Waals surface area contributed by atoms with Gasteiger partial charge in [-0.2, -0.15) is 0 Å². The van der Waals surface area contributed by atoms with E-state index in [1.807, 2.05) is 12.1 Å². The molecule has 31 heavy (non-hydrogen) atoms. The number of methoxy groups -OCH3 is 1. The molecule has 0 spiro atoms. The average molecular weight is 434 g/mol. The Bertz CT molecular complexity index is 916. The number of phenolic OH excluding ortho intramolecular Hbond substituents is 1. The fourth-order valence-electron chi connectivity index (χ4n) is 3.87. The summed E-state index contributed by atoms with van der Waals surface area (Å²) in [5.41, 5.74) is 1.80. The van der Waals surface area contributed by atoms with Crippen LogP contribution >= 0.6 is 0 Å². The summed E-state index contributed by atoms with van der Waals surface area (Å²) in [4.78, 5) is 0. The van der Waals surface area contributed by atoms with Crippen LogP contribution in [0.1, 0.15) is 23.7 Å². The second-order valence-corrected chi connectivity index (χ2v) is 7.66. The zero-order chi connectivity index (χ0) is 22.1. The van der Waals surface area contributed by atoms with E-state index in [2.05, 4.69) is 0 Å². The molecule has 2 aromatic rings. The summed E-state index contributed by atoms with van der Waals surface area (Å²) in [5, 5.41) is 49.3. The number of benzene rings is 2. The van der Waals surface area contributed by atoms with Crippen molar-refractivity contribution in [3.8, 4) is 23.0 Å². The van der Waals surface area contributed by atoms with Crippen LogP contribution in [0, 0.1) is 0 Å². The number of hydrogen-bond donors (Lipinski definition) is 5. The number of hydrogen-bond acceptors (Lipinski definition) is 9. The zero-order valence-electron chi connectivity index (χ0n) is 16.9. The van der Waals surface area contributed by atoms with Crippen LogP contribution in [0.3, 0.4) is 0 Å². The first-order valence-corrected chi connectivity index (χ1v) is 10.0. The molecule has 5 N–H and O–H groups in total. The third kappa shape index (κ3) is 4.28. The van der Waals surface area contributed by atoms with Gasteiger partial charge in [0.05, 0.1) is 13.7 Å². The average Bonchev–Trinajstić information content (AvgIpc) is 2.78. The highest BCUT2D eigenvalue weighted by Crippen LogP contribution is 2.40. The van der Waals surface area contributed by atoms with E-state index in [9.17, 15) is 25.5 Å². The summed E-state index contributed by atoms with van der Waals surface area (Å²) >= 11 is 0. The highest BCUT2D eigenvalue weighted by atomic mass is 16.7. The van der Waals surface area contributed by atoms with Crippen LogP contribution in [-0.2, 0) is 11.2 Å². The van der Waals surface area contributed by atoms with E-state index in [0.29, 0.717) is 17.9 Å². The molecule has 0 radical (unpaired) electrons. The van der Waals surface area contributed by atoms with E-state index in [0.717, 1.165) is 17.5 Å². The lowest BCUT2D eigenvalue weighted by atomic mass is 9.97. The van der Waals surface area contributed by atoms with Crippen molar-refractivity contribution in [3.63, 3.8) is 0 Å². The van der Waals surface area contributed by atoms with Gasteiger partial charge in [0.15, 0.2) is 11.5 Å². The van der Waals surface area contributed by atoms with Crippen molar-refractivity contribution < 1.29 is 44.5 Å². The molecule has 9 nitrogen and oxygen atoms in total. The Morgan fingerprint density at radius 2 is 1.81 bits per heavy atom. The number of rotatable bonds is 5. The Morgan fingerprint density at radius 3 is 2.55 bits per heavy atom. The molecule has 6 atom stereocenters. The first kappa shape index (κ1) is 21.7. The molecule has 1 saturated heterocycles. The number of aromatic hydroxyl groups is 1. The fourth-order valence-corrected chi connectivity index (χ4v) is 3.87. The summed E-state index contributed by atoms with van der Waals surface area (Å²) in [6.07, 6.45) is -5.77. The lowest BCUT2D eigenvalue weighted by Gasteiger charge is -2.39. The van der Waals surface area contributed by atoms with Crippen LogP contribution in [0.5, 0.6) is 23.0 Å². The molecule has 0 unspecified atom stereocenters. The maximum atomic E-state index is 10.3. The number of ether oxygens (including phenoxy) is 4. The maximum absolute atomic E-state index is 10.3. The monoisotopic (exact) mass is 434 g/mol. The minimum atomic E-state index is -1.55. The Kier molecular flexibility index (Phi) is 6.22. The van der Waals surface area contributed by atoms with Crippen molar-refractivity contribution in [1.82, 2.24) is 0 Å². The van der Waals surface area contributed by atoms with Gasteiger partial charge < -0.3 is 44.5 Å². The number of aliphatic hydroxyl groups excluding tert-OH is 4. The van der Waals surface area contributed by atoms with Crippen LogP contribution in [0.25, 0.3) is 0 Å². The molecule has 1 fully saturated rings. The summed E-state index contributed by atoms with van der Waals surface area (Å²) in [5.74, 6) is 1.36. The molecule has 0 saturated carbocycles. The normalized spacial score (nSPS) is 30.2. The van der Waals surface area contributed by atoms with E-state index in [-0.39, 0.29) is 17.6 Å². The van der Waals surface area contributed by atoms with Gasteiger partial charge in [0.25, 0.3) is 0 Å². The lowest BCUT2D eigenvalue weighted by Crippen LogP contribution is -2.60. The van der Waals surface area contributed by atoms with Crippen LogP contribution < -0.4 is 14.2 Å². The van der Waals surface area contributed by atoms with Gasteiger partial charge in [-0.3, -0.25) is 0 Å². The summed E-state index contributed by atoms with van der Waals surface area (Å²) in [6, 6.07) is 10.3. The van der Waals surface area contributed by atoms with Crippen molar-refractivity contribution in [3.05, 3.63) is 47.5 Å². The first-order valence-electron chi connectivity index (χ1n) is 10.0. The van der Waals surface area contributed by atoms with Gasteiger partial charge in [0, 0.05) is 6.07 Å². The summed E-state index contributed by atoms with van der Waals surface area (Å²) in [6.45, 7) is -0.551. The van der Waals surface area contributed by atoms with Crippen LogP contribution in [0.4, 0.5) is 0 Å². The standard InChI is InChI=1S/C22H26O9/c1-28-15-7-4-12(14-6-3-11-2-5-13(24)9-16(11)29-14)8-17(15)30-22-21(27)20(26)19(25)18(10-23)31-22/h2,4-5,7-9,14,18-27H,3,6,10H2,1H3/t14-,18+,19+,20-,21+,22+/m0/s1. The minimum absolute atomic E-state index is 0.126. The van der Waals surface area contributed by atoms with Gasteiger partial charge in [-0.25, -0.2) is 0 Å². The molecule has 2 aromatic carbocycles. The predicted octanol–water partition coefficient (Wildman–Crippen LogP) is 0.646. The highest BCUT2D eigenvalue weighted by molar-refractivity contribution is 5.46. The fraction of sp³-hybridized carbons (Fsp3) is 0.455. The maximum Gasteiger partial charge on any atom is 0.229 e. The van der Waals surface area contributed by atoms with E-state index in [1.165, 1.54) is 7.11 Å². The van der Waals surface area contributed by atoms with Gasteiger partial charge in [-0.1, -0.05) is 12.1 Å². The molecule has 2 heterocycles. The van der Waals surface area contributed by atoms with Gasteiger partial charge in [0.2, 0.25) is 6.29 Å². The van der Waals surface area contributed by atoms with E-state index in [1.54, 1.807) is 24.3 Å². The van der Waals surface area contributed by atoms with Crippen molar-refractivity contribution in [1.29, 1.82) is 0 Å². The number of phenols is 1. The quantitative estimate of drug-likeness (QED) is 0.459. The van der Waals surface area contributed by atoms with Gasteiger partial charge in [0.1, 0.15) is 42.0 Å². The number of aliphatic hydroxyl groups is 4. The van der Waals surface area contributed by atoms with Crippen molar-refractivity contribution in [2.75, 3.05) is 13.7 Å².